The molecule has 1 unspecified atom stereocenters. The van der Waals surface area contributed by atoms with Crippen molar-refractivity contribution in [3.8, 4) is 0 Å². The topological polar surface area (TPSA) is 55.1 Å². The van der Waals surface area contributed by atoms with Crippen molar-refractivity contribution in [1.29, 1.82) is 0 Å². The van der Waals surface area contributed by atoms with Gasteiger partial charge in [0.15, 0.2) is 0 Å². The van der Waals surface area contributed by atoms with Crippen LogP contribution in [0.1, 0.15) is 34.5 Å². The summed E-state index contributed by atoms with van der Waals surface area (Å²) in [6.07, 6.45) is 0. The van der Waals surface area contributed by atoms with E-state index in [1.807, 2.05) is 0 Å². The Morgan fingerprint density at radius 1 is 1.20 bits per heavy atom. The third-order valence-corrected chi connectivity index (χ3v) is 3.51. The normalized spacial score (nSPS) is 11.9. The van der Waals surface area contributed by atoms with Crippen molar-refractivity contribution in [3.05, 3.63) is 64.2 Å². The summed E-state index contributed by atoms with van der Waals surface area (Å²) in [6, 6.07) is 13.6. The van der Waals surface area contributed by atoms with Gasteiger partial charge in [0.2, 0.25) is 5.91 Å². The first-order chi connectivity index (χ1) is 9.47. The molecular formula is C16H17ClN2O. The third kappa shape index (κ3) is 3.31. The molecule has 0 aliphatic heterocycles. The van der Waals surface area contributed by atoms with Gasteiger partial charge in [0, 0.05) is 11.7 Å². The monoisotopic (exact) mass is 288 g/mol. The minimum atomic E-state index is -0.520. The smallest absolute Gasteiger partial charge is 0.250 e. The molecule has 104 valence electrons. The number of aryl methyl sites for hydroxylation is 1. The highest BCUT2D eigenvalue weighted by molar-refractivity contribution is 6.34. The number of primary amides is 1. The Labute approximate surface area is 123 Å². The quantitative estimate of drug-likeness (QED) is 0.896. The zero-order valence-corrected chi connectivity index (χ0v) is 12.2. The van der Waals surface area contributed by atoms with Crippen LogP contribution in [0.25, 0.3) is 0 Å². The molecule has 0 spiro atoms. The molecule has 3 nitrogen and oxygen atoms in total. The highest BCUT2D eigenvalue weighted by Crippen LogP contribution is 2.24. The Balaban J connectivity index is 2.15. The fourth-order valence-corrected chi connectivity index (χ4v) is 2.27. The summed E-state index contributed by atoms with van der Waals surface area (Å²) in [5, 5.41) is 3.71. The van der Waals surface area contributed by atoms with Crippen LogP contribution in [-0.4, -0.2) is 5.91 Å². The number of nitrogens with two attached hydrogens (primary N) is 1. The number of anilines is 1. The van der Waals surface area contributed by atoms with Crippen LogP contribution in [0.5, 0.6) is 0 Å². The Morgan fingerprint density at radius 2 is 1.85 bits per heavy atom. The van der Waals surface area contributed by atoms with Gasteiger partial charge in [-0.25, -0.2) is 0 Å². The highest BCUT2D eigenvalue weighted by atomic mass is 35.5. The van der Waals surface area contributed by atoms with E-state index in [2.05, 4.69) is 43.4 Å². The number of hydrogen-bond acceptors (Lipinski definition) is 2. The molecule has 0 fully saturated rings. The van der Waals surface area contributed by atoms with Crippen LogP contribution < -0.4 is 11.1 Å². The Kier molecular flexibility index (Phi) is 4.30. The predicted molar refractivity (Wildman–Crippen MR) is 83.2 cm³/mol. The average molecular weight is 289 g/mol. The largest absolute Gasteiger partial charge is 0.378 e. The predicted octanol–water partition coefficient (Wildman–Crippen LogP) is 3.92. The Hall–Kier alpha value is -2.00. The summed E-state index contributed by atoms with van der Waals surface area (Å²) in [5.74, 6) is -0.520. The van der Waals surface area contributed by atoms with Gasteiger partial charge in [0.25, 0.3) is 0 Å². The van der Waals surface area contributed by atoms with Crippen molar-refractivity contribution in [2.24, 2.45) is 5.73 Å². The Bertz CT molecular complexity index is 623. The fraction of sp³-hybridized carbons (Fsp3) is 0.188. The lowest BCUT2D eigenvalue weighted by Gasteiger charge is -2.16. The molecule has 0 aromatic heterocycles. The van der Waals surface area contributed by atoms with E-state index in [1.54, 1.807) is 18.2 Å². The first-order valence-electron chi connectivity index (χ1n) is 6.40. The van der Waals surface area contributed by atoms with E-state index >= 15 is 0 Å². The molecule has 20 heavy (non-hydrogen) atoms. The van der Waals surface area contributed by atoms with Gasteiger partial charge >= 0.3 is 0 Å². The minimum Gasteiger partial charge on any atom is -0.378 e. The lowest BCUT2D eigenvalue weighted by atomic mass is 10.1. The van der Waals surface area contributed by atoms with Gasteiger partial charge in [-0.1, -0.05) is 41.4 Å². The van der Waals surface area contributed by atoms with Crippen molar-refractivity contribution in [2.45, 2.75) is 19.9 Å². The second kappa shape index (κ2) is 5.97. The van der Waals surface area contributed by atoms with E-state index in [9.17, 15) is 4.79 Å². The lowest BCUT2D eigenvalue weighted by Crippen LogP contribution is -2.12. The SMILES string of the molecule is Cc1ccc(C(C)Nc2ccc(C(N)=O)c(Cl)c2)cc1. The number of nitrogens with one attached hydrogen (secondary N) is 1. The maximum absolute atomic E-state index is 11.1. The molecule has 2 rings (SSSR count). The van der Waals surface area contributed by atoms with Crippen molar-refractivity contribution in [2.75, 3.05) is 5.32 Å². The van der Waals surface area contributed by atoms with E-state index < -0.39 is 5.91 Å². The molecule has 1 atom stereocenters. The zero-order valence-electron chi connectivity index (χ0n) is 11.5. The molecular weight excluding hydrogens is 272 g/mol. The molecule has 0 heterocycles. The van der Waals surface area contributed by atoms with Gasteiger partial charge in [-0.3, -0.25) is 4.79 Å². The molecule has 0 bridgehead atoms. The van der Waals surface area contributed by atoms with Crippen LogP contribution in [0.2, 0.25) is 5.02 Å². The van der Waals surface area contributed by atoms with Crippen molar-refractivity contribution in [3.63, 3.8) is 0 Å². The molecule has 0 radical (unpaired) electrons. The van der Waals surface area contributed by atoms with E-state index in [0.717, 1.165) is 5.69 Å². The lowest BCUT2D eigenvalue weighted by molar-refractivity contribution is 0.100. The number of halogens is 1. The molecule has 3 N–H and O–H groups in total. The first-order valence-corrected chi connectivity index (χ1v) is 6.77. The van der Waals surface area contributed by atoms with Gasteiger partial charge in [0.05, 0.1) is 10.6 Å². The second-order valence-electron chi connectivity index (χ2n) is 4.84. The van der Waals surface area contributed by atoms with Crippen molar-refractivity contribution < 1.29 is 4.79 Å². The number of carbonyl (C=O) groups excluding carboxylic acids is 1. The van der Waals surface area contributed by atoms with Crippen LogP contribution >= 0.6 is 11.6 Å². The van der Waals surface area contributed by atoms with Gasteiger partial charge in [-0.15, -0.1) is 0 Å². The molecule has 2 aromatic carbocycles. The first kappa shape index (κ1) is 14.4. The Morgan fingerprint density at radius 3 is 2.40 bits per heavy atom. The van der Waals surface area contributed by atoms with E-state index in [1.165, 1.54) is 11.1 Å². The molecule has 2 aromatic rings. The number of amides is 1. The van der Waals surface area contributed by atoms with Crippen LogP contribution in [0.15, 0.2) is 42.5 Å². The van der Waals surface area contributed by atoms with E-state index in [0.29, 0.717) is 10.6 Å². The van der Waals surface area contributed by atoms with Crippen molar-refractivity contribution >= 4 is 23.2 Å². The van der Waals surface area contributed by atoms with E-state index in [-0.39, 0.29) is 6.04 Å². The number of carbonyl (C=O) groups is 1. The molecule has 0 saturated heterocycles. The van der Waals surface area contributed by atoms with Crippen LogP contribution in [0.4, 0.5) is 5.69 Å². The van der Waals surface area contributed by atoms with Gasteiger partial charge in [-0.2, -0.15) is 0 Å². The highest BCUT2D eigenvalue weighted by Gasteiger charge is 2.09. The molecule has 0 aliphatic carbocycles. The van der Waals surface area contributed by atoms with Gasteiger partial charge in [-0.05, 0) is 37.6 Å². The number of rotatable bonds is 4. The van der Waals surface area contributed by atoms with E-state index in [4.69, 9.17) is 17.3 Å². The minimum absolute atomic E-state index is 0.145. The maximum atomic E-state index is 11.1. The molecule has 4 heteroatoms. The van der Waals surface area contributed by atoms with Crippen LogP contribution in [-0.2, 0) is 0 Å². The summed E-state index contributed by atoms with van der Waals surface area (Å²) < 4.78 is 0. The average Bonchev–Trinajstić information content (AvgIpc) is 2.39. The molecule has 1 amide bonds. The summed E-state index contributed by atoms with van der Waals surface area (Å²) in [5.41, 5.74) is 8.83. The third-order valence-electron chi connectivity index (χ3n) is 3.20. The van der Waals surface area contributed by atoms with Crippen LogP contribution in [0.3, 0.4) is 0 Å². The molecule has 0 saturated carbocycles. The summed E-state index contributed by atoms with van der Waals surface area (Å²) in [6.45, 7) is 4.13. The second-order valence-corrected chi connectivity index (χ2v) is 5.24. The summed E-state index contributed by atoms with van der Waals surface area (Å²) in [7, 11) is 0. The fourth-order valence-electron chi connectivity index (χ4n) is 1.99. The van der Waals surface area contributed by atoms with Gasteiger partial charge < -0.3 is 11.1 Å². The molecule has 0 aliphatic rings. The maximum Gasteiger partial charge on any atom is 0.250 e. The zero-order chi connectivity index (χ0) is 14.7. The van der Waals surface area contributed by atoms with Gasteiger partial charge in [0.1, 0.15) is 0 Å². The standard InChI is InChI=1S/C16H17ClN2O/c1-10-3-5-12(6-4-10)11(2)19-13-7-8-14(16(18)20)15(17)9-13/h3-9,11,19H,1-2H3,(H2,18,20). The summed E-state index contributed by atoms with van der Waals surface area (Å²) in [4.78, 5) is 11.1. The van der Waals surface area contributed by atoms with Crippen molar-refractivity contribution in [1.82, 2.24) is 0 Å². The number of benzene rings is 2. The van der Waals surface area contributed by atoms with Crippen LogP contribution in [0, 0.1) is 6.92 Å². The number of hydrogen-bond donors (Lipinski definition) is 2. The summed E-state index contributed by atoms with van der Waals surface area (Å²) >= 11 is 6.03.